The first kappa shape index (κ1) is 15.7. The fourth-order valence-corrected chi connectivity index (χ4v) is 3.33. The summed E-state index contributed by atoms with van der Waals surface area (Å²) in [5.74, 6) is -0.182. The summed E-state index contributed by atoms with van der Waals surface area (Å²) in [4.78, 5) is 2.30. The molecule has 2 atom stereocenters. The number of halogens is 1. The molecule has 0 spiro atoms. The molecular weight excluding hydrogens is 281 g/mol. The molecule has 0 amide bonds. The van der Waals surface area contributed by atoms with Gasteiger partial charge in [0.15, 0.2) is 0 Å². The van der Waals surface area contributed by atoms with Crippen LogP contribution in [0.2, 0.25) is 0 Å². The summed E-state index contributed by atoms with van der Waals surface area (Å²) in [6.07, 6.45) is 4.59. The standard InChI is InChI=1S/C17H26FN3O/c18-13-3-5-14(6-4-13)21-10-7-15(8-11-21)22-12-17-16(19)2-1-9-20-17/h3-6,15-17,20H,1-2,7-12,19H2/t16-,17-/m0/s1. The fraction of sp³-hybridized carbons (Fsp3) is 0.647. The lowest BCUT2D eigenvalue weighted by molar-refractivity contribution is 0.0165. The van der Waals surface area contributed by atoms with Crippen molar-refractivity contribution < 1.29 is 9.13 Å². The second-order valence-electron chi connectivity index (χ2n) is 6.36. The lowest BCUT2D eigenvalue weighted by Crippen LogP contribution is -2.52. The van der Waals surface area contributed by atoms with Crippen molar-refractivity contribution in [1.29, 1.82) is 0 Å². The molecule has 2 aliphatic heterocycles. The normalized spacial score (nSPS) is 27.1. The van der Waals surface area contributed by atoms with Crippen LogP contribution in [0.4, 0.5) is 10.1 Å². The lowest BCUT2D eigenvalue weighted by atomic mass is 10.00. The molecule has 0 aromatic heterocycles. The maximum Gasteiger partial charge on any atom is 0.123 e. The number of ether oxygens (including phenoxy) is 1. The van der Waals surface area contributed by atoms with Gasteiger partial charge in [-0.2, -0.15) is 0 Å². The third-order valence-corrected chi connectivity index (χ3v) is 4.78. The monoisotopic (exact) mass is 307 g/mol. The number of rotatable bonds is 4. The number of nitrogens with zero attached hydrogens (tertiary/aromatic N) is 1. The average molecular weight is 307 g/mol. The van der Waals surface area contributed by atoms with Gasteiger partial charge in [0.1, 0.15) is 5.82 Å². The Morgan fingerprint density at radius 2 is 1.91 bits per heavy atom. The molecule has 122 valence electrons. The van der Waals surface area contributed by atoms with Crippen LogP contribution in [-0.2, 0) is 4.74 Å². The van der Waals surface area contributed by atoms with E-state index in [1.54, 1.807) is 0 Å². The molecule has 22 heavy (non-hydrogen) atoms. The fourth-order valence-electron chi connectivity index (χ4n) is 3.33. The van der Waals surface area contributed by atoms with Crippen LogP contribution in [0.5, 0.6) is 0 Å². The summed E-state index contributed by atoms with van der Waals surface area (Å²) < 4.78 is 19.0. The van der Waals surface area contributed by atoms with Gasteiger partial charge in [0, 0.05) is 30.9 Å². The zero-order chi connectivity index (χ0) is 15.4. The smallest absolute Gasteiger partial charge is 0.123 e. The van der Waals surface area contributed by atoms with Crippen molar-refractivity contribution in [2.45, 2.75) is 43.9 Å². The predicted molar refractivity (Wildman–Crippen MR) is 86.6 cm³/mol. The Labute approximate surface area is 131 Å². The molecule has 2 saturated heterocycles. The van der Waals surface area contributed by atoms with Gasteiger partial charge >= 0.3 is 0 Å². The molecule has 0 unspecified atom stereocenters. The highest BCUT2D eigenvalue weighted by Crippen LogP contribution is 2.22. The van der Waals surface area contributed by atoms with Gasteiger partial charge in [-0.25, -0.2) is 4.39 Å². The number of hydrogen-bond donors (Lipinski definition) is 2. The Kier molecular flexibility index (Phi) is 5.28. The maximum absolute atomic E-state index is 13.0. The molecule has 2 fully saturated rings. The van der Waals surface area contributed by atoms with Crippen molar-refractivity contribution in [2.75, 3.05) is 31.1 Å². The summed E-state index contributed by atoms with van der Waals surface area (Å²) in [5.41, 5.74) is 7.22. The summed E-state index contributed by atoms with van der Waals surface area (Å²) in [6.45, 7) is 3.67. The first-order chi connectivity index (χ1) is 10.7. The number of piperidine rings is 2. The molecule has 5 heteroatoms. The van der Waals surface area contributed by atoms with Gasteiger partial charge in [0.05, 0.1) is 12.7 Å². The van der Waals surface area contributed by atoms with E-state index in [-0.39, 0.29) is 11.9 Å². The Balaban J connectivity index is 1.42. The van der Waals surface area contributed by atoms with E-state index in [9.17, 15) is 4.39 Å². The highest BCUT2D eigenvalue weighted by Gasteiger charge is 2.25. The second kappa shape index (κ2) is 7.40. The highest BCUT2D eigenvalue weighted by atomic mass is 19.1. The highest BCUT2D eigenvalue weighted by molar-refractivity contribution is 5.46. The molecule has 3 rings (SSSR count). The number of nitrogens with one attached hydrogen (secondary N) is 1. The third kappa shape index (κ3) is 3.97. The first-order valence-electron chi connectivity index (χ1n) is 8.33. The second-order valence-corrected chi connectivity index (χ2v) is 6.36. The molecule has 0 radical (unpaired) electrons. The molecule has 2 aliphatic rings. The van der Waals surface area contributed by atoms with Crippen LogP contribution in [-0.4, -0.2) is 44.4 Å². The van der Waals surface area contributed by atoms with Gasteiger partial charge in [-0.1, -0.05) is 0 Å². The Bertz CT molecular complexity index is 459. The largest absolute Gasteiger partial charge is 0.376 e. The molecule has 2 heterocycles. The van der Waals surface area contributed by atoms with Crippen LogP contribution in [0.25, 0.3) is 0 Å². The number of benzene rings is 1. The molecule has 3 N–H and O–H groups in total. The van der Waals surface area contributed by atoms with Crippen LogP contribution >= 0.6 is 0 Å². The van der Waals surface area contributed by atoms with Crippen LogP contribution in [0, 0.1) is 5.82 Å². The number of hydrogen-bond acceptors (Lipinski definition) is 4. The van der Waals surface area contributed by atoms with Gasteiger partial charge in [-0.15, -0.1) is 0 Å². The van der Waals surface area contributed by atoms with E-state index in [1.165, 1.54) is 12.1 Å². The van der Waals surface area contributed by atoms with Crippen molar-refractivity contribution in [2.24, 2.45) is 5.73 Å². The maximum atomic E-state index is 13.0. The van der Waals surface area contributed by atoms with Gasteiger partial charge < -0.3 is 20.7 Å². The Morgan fingerprint density at radius 3 is 2.59 bits per heavy atom. The minimum absolute atomic E-state index is 0.182. The Morgan fingerprint density at radius 1 is 1.18 bits per heavy atom. The van der Waals surface area contributed by atoms with Gasteiger partial charge in [0.2, 0.25) is 0 Å². The van der Waals surface area contributed by atoms with Crippen LogP contribution in [0.15, 0.2) is 24.3 Å². The first-order valence-corrected chi connectivity index (χ1v) is 8.33. The van der Waals surface area contributed by atoms with Crippen molar-refractivity contribution in [1.82, 2.24) is 5.32 Å². The van der Waals surface area contributed by atoms with Crippen molar-refractivity contribution in [3.63, 3.8) is 0 Å². The molecule has 1 aromatic carbocycles. The zero-order valence-corrected chi connectivity index (χ0v) is 13.0. The van der Waals surface area contributed by atoms with Gasteiger partial charge in [0.25, 0.3) is 0 Å². The summed E-state index contributed by atoms with van der Waals surface area (Å²) in [5, 5.41) is 3.45. The Hall–Kier alpha value is -1.17. The topological polar surface area (TPSA) is 50.5 Å². The number of nitrogens with two attached hydrogens (primary N) is 1. The number of anilines is 1. The van der Waals surface area contributed by atoms with E-state index in [0.29, 0.717) is 18.8 Å². The molecular formula is C17H26FN3O. The lowest BCUT2D eigenvalue weighted by Gasteiger charge is -2.35. The zero-order valence-electron chi connectivity index (χ0n) is 13.0. The predicted octanol–water partition coefficient (Wildman–Crippen LogP) is 1.89. The average Bonchev–Trinajstić information content (AvgIpc) is 2.55. The summed E-state index contributed by atoms with van der Waals surface area (Å²) in [6, 6.07) is 7.25. The van der Waals surface area contributed by atoms with E-state index >= 15 is 0 Å². The van der Waals surface area contributed by atoms with Gasteiger partial charge in [-0.05, 0) is 56.5 Å². The van der Waals surface area contributed by atoms with Crippen molar-refractivity contribution in [3.05, 3.63) is 30.1 Å². The molecule has 0 bridgehead atoms. The third-order valence-electron chi connectivity index (χ3n) is 4.78. The van der Waals surface area contributed by atoms with Crippen LogP contribution < -0.4 is 16.0 Å². The van der Waals surface area contributed by atoms with E-state index in [2.05, 4.69) is 10.2 Å². The van der Waals surface area contributed by atoms with E-state index in [4.69, 9.17) is 10.5 Å². The van der Waals surface area contributed by atoms with E-state index in [0.717, 1.165) is 51.0 Å². The summed E-state index contributed by atoms with van der Waals surface area (Å²) in [7, 11) is 0. The van der Waals surface area contributed by atoms with Crippen molar-refractivity contribution in [3.8, 4) is 0 Å². The SMILES string of the molecule is N[C@H]1CCCN[C@H]1COC1CCN(c2ccc(F)cc2)CC1. The molecule has 0 aliphatic carbocycles. The summed E-state index contributed by atoms with van der Waals surface area (Å²) >= 11 is 0. The van der Waals surface area contributed by atoms with Gasteiger partial charge in [-0.3, -0.25) is 0 Å². The molecule has 0 saturated carbocycles. The van der Waals surface area contributed by atoms with Crippen LogP contribution in [0.1, 0.15) is 25.7 Å². The molecule has 4 nitrogen and oxygen atoms in total. The van der Waals surface area contributed by atoms with E-state index < -0.39 is 0 Å². The minimum Gasteiger partial charge on any atom is -0.376 e. The minimum atomic E-state index is -0.182. The van der Waals surface area contributed by atoms with Crippen LogP contribution in [0.3, 0.4) is 0 Å². The molecule has 1 aromatic rings. The quantitative estimate of drug-likeness (QED) is 0.892. The van der Waals surface area contributed by atoms with Crippen molar-refractivity contribution >= 4 is 5.69 Å². The van der Waals surface area contributed by atoms with E-state index in [1.807, 2.05) is 12.1 Å².